The van der Waals surface area contributed by atoms with Gasteiger partial charge in [0.1, 0.15) is 11.6 Å². The van der Waals surface area contributed by atoms with Gasteiger partial charge in [-0.2, -0.15) is 0 Å². The minimum atomic E-state index is -1.52. The lowest BCUT2D eigenvalue weighted by Gasteiger charge is -2.29. The molecule has 1 atom stereocenters. The number of benzene rings is 3. The standard InChI is InChI=1S/C23H17F3N2O4/c24-18-12-20(26)19(25)10-17(18)23-21(28(29)30)11-16-15-3-2-14(27-5-7-31-8-6-27)9-13(15)1-4-22(16)32-23/h1-4,9-12,23H,5-8H2/t23-/m1/s1. The topological polar surface area (TPSA) is 64.8 Å². The van der Waals surface area contributed by atoms with Crippen LogP contribution in [0.2, 0.25) is 0 Å². The van der Waals surface area contributed by atoms with Crippen molar-refractivity contribution in [2.24, 2.45) is 0 Å². The van der Waals surface area contributed by atoms with Crippen LogP contribution in [0, 0.1) is 27.6 Å². The molecule has 0 N–H and O–H groups in total. The zero-order valence-electron chi connectivity index (χ0n) is 16.7. The predicted molar refractivity (Wildman–Crippen MR) is 112 cm³/mol. The van der Waals surface area contributed by atoms with Crippen LogP contribution < -0.4 is 9.64 Å². The molecule has 0 saturated carbocycles. The van der Waals surface area contributed by atoms with E-state index in [-0.39, 0.29) is 5.75 Å². The first kappa shape index (κ1) is 20.3. The lowest BCUT2D eigenvalue weighted by atomic mass is 9.96. The van der Waals surface area contributed by atoms with E-state index in [1.807, 2.05) is 24.3 Å². The molecular formula is C23H17F3N2O4. The molecule has 0 bridgehead atoms. The third kappa shape index (κ3) is 3.44. The van der Waals surface area contributed by atoms with E-state index < -0.39 is 39.7 Å². The fourth-order valence-corrected chi connectivity index (χ4v) is 4.11. The van der Waals surface area contributed by atoms with Crippen molar-refractivity contribution in [1.29, 1.82) is 0 Å². The summed E-state index contributed by atoms with van der Waals surface area (Å²) in [6, 6.07) is 10.2. The Kier molecular flexibility index (Phi) is 4.97. The van der Waals surface area contributed by atoms with Crippen molar-refractivity contribution < 1.29 is 27.6 Å². The van der Waals surface area contributed by atoms with Crippen LogP contribution in [0.25, 0.3) is 16.8 Å². The molecule has 0 aliphatic carbocycles. The molecule has 3 aromatic carbocycles. The van der Waals surface area contributed by atoms with Gasteiger partial charge in [0.2, 0.25) is 6.10 Å². The average Bonchev–Trinajstić information content (AvgIpc) is 2.80. The number of morpholine rings is 1. The number of ether oxygens (including phenoxy) is 2. The predicted octanol–water partition coefficient (Wildman–Crippen LogP) is 4.85. The molecule has 0 spiro atoms. The number of halogens is 3. The highest BCUT2D eigenvalue weighted by atomic mass is 19.2. The lowest BCUT2D eigenvalue weighted by Crippen LogP contribution is -2.36. The minimum absolute atomic E-state index is 0.288. The van der Waals surface area contributed by atoms with Crippen molar-refractivity contribution in [2.75, 3.05) is 31.2 Å². The molecule has 5 rings (SSSR count). The van der Waals surface area contributed by atoms with Gasteiger partial charge in [-0.25, -0.2) is 13.2 Å². The van der Waals surface area contributed by atoms with E-state index in [4.69, 9.17) is 9.47 Å². The first-order valence-electron chi connectivity index (χ1n) is 9.99. The highest BCUT2D eigenvalue weighted by molar-refractivity contribution is 5.95. The molecule has 2 heterocycles. The summed E-state index contributed by atoms with van der Waals surface area (Å²) < 4.78 is 52.6. The molecule has 0 radical (unpaired) electrons. The van der Waals surface area contributed by atoms with Crippen LogP contribution >= 0.6 is 0 Å². The molecule has 0 amide bonds. The van der Waals surface area contributed by atoms with Crippen LogP contribution in [0.15, 0.2) is 48.2 Å². The Morgan fingerprint density at radius 1 is 0.969 bits per heavy atom. The van der Waals surface area contributed by atoms with Gasteiger partial charge in [-0.1, -0.05) is 12.1 Å². The van der Waals surface area contributed by atoms with E-state index in [2.05, 4.69) is 4.90 Å². The van der Waals surface area contributed by atoms with E-state index >= 15 is 0 Å². The Balaban J connectivity index is 1.59. The molecular weight excluding hydrogens is 425 g/mol. The second kappa shape index (κ2) is 7.83. The molecule has 2 aliphatic heterocycles. The first-order chi connectivity index (χ1) is 15.4. The average molecular weight is 442 g/mol. The fourth-order valence-electron chi connectivity index (χ4n) is 4.11. The molecule has 0 unspecified atom stereocenters. The molecule has 2 aliphatic rings. The number of anilines is 1. The van der Waals surface area contributed by atoms with E-state index in [9.17, 15) is 23.3 Å². The van der Waals surface area contributed by atoms with E-state index in [1.165, 1.54) is 6.08 Å². The number of hydrogen-bond acceptors (Lipinski definition) is 5. The van der Waals surface area contributed by atoms with Gasteiger partial charge in [-0.15, -0.1) is 0 Å². The van der Waals surface area contributed by atoms with Gasteiger partial charge >= 0.3 is 0 Å². The summed E-state index contributed by atoms with van der Waals surface area (Å²) in [5.41, 5.74) is 0.576. The zero-order valence-corrected chi connectivity index (χ0v) is 16.7. The maximum atomic E-state index is 14.4. The van der Waals surface area contributed by atoms with Gasteiger partial charge < -0.3 is 14.4 Å². The van der Waals surface area contributed by atoms with Crippen molar-refractivity contribution in [3.05, 3.63) is 86.9 Å². The van der Waals surface area contributed by atoms with Gasteiger partial charge in [0.05, 0.1) is 18.1 Å². The van der Waals surface area contributed by atoms with Crippen molar-refractivity contribution >= 4 is 22.5 Å². The van der Waals surface area contributed by atoms with Gasteiger partial charge in [-0.05, 0) is 35.0 Å². The molecule has 164 valence electrons. The molecule has 32 heavy (non-hydrogen) atoms. The fraction of sp³-hybridized carbons (Fsp3) is 0.217. The Morgan fingerprint density at radius 3 is 2.47 bits per heavy atom. The third-order valence-electron chi connectivity index (χ3n) is 5.72. The van der Waals surface area contributed by atoms with E-state index in [0.29, 0.717) is 30.9 Å². The number of rotatable bonds is 3. The van der Waals surface area contributed by atoms with Gasteiger partial charge in [0.15, 0.2) is 11.6 Å². The molecule has 0 aromatic heterocycles. The highest BCUT2D eigenvalue weighted by Crippen LogP contribution is 2.42. The summed E-state index contributed by atoms with van der Waals surface area (Å²) in [4.78, 5) is 13.3. The van der Waals surface area contributed by atoms with Gasteiger partial charge in [-0.3, -0.25) is 10.1 Å². The summed E-state index contributed by atoms with van der Waals surface area (Å²) in [7, 11) is 0. The Hall–Kier alpha value is -3.59. The monoisotopic (exact) mass is 442 g/mol. The van der Waals surface area contributed by atoms with Crippen LogP contribution in [0.5, 0.6) is 5.75 Å². The normalized spacial score (nSPS) is 18.2. The zero-order chi connectivity index (χ0) is 22.4. The number of nitro groups is 1. The smallest absolute Gasteiger partial charge is 0.291 e. The number of fused-ring (bicyclic) bond motifs is 3. The SMILES string of the molecule is O=[N+]([O-])C1=Cc2c(ccc3cc(N4CCOCC4)ccc23)O[C@@H]1c1cc(F)c(F)cc1F. The van der Waals surface area contributed by atoms with Crippen LogP contribution in [-0.2, 0) is 4.74 Å². The molecule has 1 fully saturated rings. The number of nitrogens with zero attached hydrogens (tertiary/aromatic N) is 2. The summed E-state index contributed by atoms with van der Waals surface area (Å²) >= 11 is 0. The molecule has 9 heteroatoms. The van der Waals surface area contributed by atoms with Gasteiger partial charge in [0, 0.05) is 42.0 Å². The molecule has 3 aromatic rings. The molecule has 1 saturated heterocycles. The quantitative estimate of drug-likeness (QED) is 0.330. The van der Waals surface area contributed by atoms with E-state index in [1.54, 1.807) is 6.07 Å². The van der Waals surface area contributed by atoms with E-state index in [0.717, 1.165) is 29.5 Å². The molecule has 6 nitrogen and oxygen atoms in total. The third-order valence-corrected chi connectivity index (χ3v) is 5.72. The minimum Gasteiger partial charge on any atom is -0.474 e. The van der Waals surface area contributed by atoms with Crippen molar-refractivity contribution in [2.45, 2.75) is 6.10 Å². The van der Waals surface area contributed by atoms with Crippen molar-refractivity contribution in [3.8, 4) is 5.75 Å². The second-order valence-corrected chi connectivity index (χ2v) is 7.59. The summed E-state index contributed by atoms with van der Waals surface area (Å²) in [6.07, 6.45) is -0.210. The largest absolute Gasteiger partial charge is 0.474 e. The van der Waals surface area contributed by atoms with Crippen molar-refractivity contribution in [3.63, 3.8) is 0 Å². The summed E-state index contributed by atoms with van der Waals surface area (Å²) in [5.74, 6) is -3.53. The maximum absolute atomic E-state index is 14.4. The van der Waals surface area contributed by atoms with Crippen LogP contribution in [0.4, 0.5) is 18.9 Å². The van der Waals surface area contributed by atoms with Crippen molar-refractivity contribution in [1.82, 2.24) is 0 Å². The Morgan fingerprint density at radius 2 is 1.72 bits per heavy atom. The van der Waals surface area contributed by atoms with Gasteiger partial charge in [0.25, 0.3) is 5.70 Å². The second-order valence-electron chi connectivity index (χ2n) is 7.59. The number of hydrogen-bond donors (Lipinski definition) is 0. The Labute approximate surface area is 180 Å². The summed E-state index contributed by atoms with van der Waals surface area (Å²) in [5, 5.41) is 13.3. The lowest BCUT2D eigenvalue weighted by molar-refractivity contribution is -0.434. The summed E-state index contributed by atoms with van der Waals surface area (Å²) in [6.45, 7) is 2.83. The first-order valence-corrected chi connectivity index (χ1v) is 9.99. The van der Waals surface area contributed by atoms with Crippen LogP contribution in [0.3, 0.4) is 0 Å². The highest BCUT2D eigenvalue weighted by Gasteiger charge is 2.36. The van der Waals surface area contributed by atoms with Crippen LogP contribution in [0.1, 0.15) is 17.2 Å². The Bertz CT molecular complexity index is 1270. The van der Waals surface area contributed by atoms with Crippen LogP contribution in [-0.4, -0.2) is 31.2 Å². The maximum Gasteiger partial charge on any atom is 0.291 e.